The number of para-hydroxylation sites is 1. The number of carbonyl (C=O) groups is 2. The number of benzene rings is 1. The standard InChI is InChI=1S/C16H24N2O3/c1-11(18-15(20)16(2,3)4)14(19)17-10-12-8-6-7-9-13(12)21-5/h6-9,11H,10H2,1-5H3,(H,17,19)(H,18,20). The molecule has 116 valence electrons. The molecule has 0 saturated heterocycles. The maximum Gasteiger partial charge on any atom is 0.242 e. The molecule has 1 aromatic rings. The molecule has 21 heavy (non-hydrogen) atoms. The predicted octanol–water partition coefficient (Wildman–Crippen LogP) is 1.86. The summed E-state index contributed by atoms with van der Waals surface area (Å²) >= 11 is 0. The van der Waals surface area contributed by atoms with Crippen molar-refractivity contribution < 1.29 is 14.3 Å². The third-order valence-electron chi connectivity index (χ3n) is 3.07. The van der Waals surface area contributed by atoms with E-state index < -0.39 is 11.5 Å². The highest BCUT2D eigenvalue weighted by atomic mass is 16.5. The molecular formula is C16H24N2O3. The Morgan fingerprint density at radius 1 is 1.24 bits per heavy atom. The second-order valence-electron chi connectivity index (χ2n) is 5.97. The lowest BCUT2D eigenvalue weighted by Crippen LogP contribution is -2.48. The molecule has 0 fully saturated rings. The van der Waals surface area contributed by atoms with E-state index in [1.165, 1.54) is 0 Å². The Morgan fingerprint density at radius 2 is 1.86 bits per heavy atom. The van der Waals surface area contributed by atoms with E-state index in [9.17, 15) is 9.59 Å². The van der Waals surface area contributed by atoms with Gasteiger partial charge in [0.1, 0.15) is 11.8 Å². The fourth-order valence-corrected chi connectivity index (χ4v) is 1.66. The molecule has 1 unspecified atom stereocenters. The first-order chi connectivity index (χ1) is 9.75. The van der Waals surface area contributed by atoms with Crippen LogP contribution in [0.15, 0.2) is 24.3 Å². The minimum atomic E-state index is -0.577. The minimum Gasteiger partial charge on any atom is -0.496 e. The van der Waals surface area contributed by atoms with E-state index in [1.54, 1.807) is 14.0 Å². The van der Waals surface area contributed by atoms with Crippen molar-refractivity contribution in [2.45, 2.75) is 40.3 Å². The fraction of sp³-hybridized carbons (Fsp3) is 0.500. The topological polar surface area (TPSA) is 67.4 Å². The zero-order valence-corrected chi connectivity index (χ0v) is 13.3. The van der Waals surface area contributed by atoms with E-state index in [0.29, 0.717) is 6.54 Å². The highest BCUT2D eigenvalue weighted by Crippen LogP contribution is 2.16. The first-order valence-corrected chi connectivity index (χ1v) is 6.96. The first kappa shape index (κ1) is 17.0. The van der Waals surface area contributed by atoms with Crippen LogP contribution < -0.4 is 15.4 Å². The van der Waals surface area contributed by atoms with E-state index in [4.69, 9.17) is 4.74 Å². The molecule has 0 heterocycles. The van der Waals surface area contributed by atoms with Crippen LogP contribution in [-0.2, 0) is 16.1 Å². The second kappa shape index (κ2) is 7.11. The van der Waals surface area contributed by atoms with Crippen LogP contribution in [-0.4, -0.2) is 25.0 Å². The Hall–Kier alpha value is -2.04. The average molecular weight is 292 g/mol. The lowest BCUT2D eigenvalue weighted by Gasteiger charge is -2.21. The number of hydrogen-bond acceptors (Lipinski definition) is 3. The van der Waals surface area contributed by atoms with Crippen LogP contribution in [0.2, 0.25) is 0 Å². The highest BCUT2D eigenvalue weighted by Gasteiger charge is 2.24. The summed E-state index contributed by atoms with van der Waals surface area (Å²) in [6.07, 6.45) is 0. The van der Waals surface area contributed by atoms with Gasteiger partial charge in [-0.15, -0.1) is 0 Å². The van der Waals surface area contributed by atoms with Crippen LogP contribution in [0, 0.1) is 5.41 Å². The third kappa shape index (κ3) is 5.10. The highest BCUT2D eigenvalue weighted by molar-refractivity contribution is 5.89. The third-order valence-corrected chi connectivity index (χ3v) is 3.07. The number of methoxy groups -OCH3 is 1. The van der Waals surface area contributed by atoms with Gasteiger partial charge < -0.3 is 15.4 Å². The van der Waals surface area contributed by atoms with Gasteiger partial charge in [0, 0.05) is 17.5 Å². The maximum atomic E-state index is 12.0. The summed E-state index contributed by atoms with van der Waals surface area (Å²) < 4.78 is 5.23. The normalized spacial score (nSPS) is 12.4. The van der Waals surface area contributed by atoms with Gasteiger partial charge in [-0.3, -0.25) is 9.59 Å². The molecule has 0 aliphatic rings. The quantitative estimate of drug-likeness (QED) is 0.870. The van der Waals surface area contributed by atoms with Gasteiger partial charge in [0.15, 0.2) is 0 Å². The van der Waals surface area contributed by atoms with Gasteiger partial charge in [-0.25, -0.2) is 0 Å². The number of carbonyl (C=O) groups excluding carboxylic acids is 2. The molecule has 0 saturated carbocycles. The van der Waals surface area contributed by atoms with Crippen molar-refractivity contribution in [3.63, 3.8) is 0 Å². The second-order valence-corrected chi connectivity index (χ2v) is 5.97. The first-order valence-electron chi connectivity index (χ1n) is 6.96. The predicted molar refractivity (Wildman–Crippen MR) is 81.9 cm³/mol. The monoisotopic (exact) mass is 292 g/mol. The number of hydrogen-bond donors (Lipinski definition) is 2. The summed E-state index contributed by atoms with van der Waals surface area (Å²) in [5, 5.41) is 5.50. The summed E-state index contributed by atoms with van der Waals surface area (Å²) in [5.41, 5.74) is 0.375. The average Bonchev–Trinajstić information content (AvgIpc) is 2.43. The Bertz CT molecular complexity index is 506. The molecule has 1 aromatic carbocycles. The van der Waals surface area contributed by atoms with Crippen LogP contribution in [0.4, 0.5) is 0 Å². The Labute approximate surface area is 126 Å². The van der Waals surface area contributed by atoms with Crippen molar-refractivity contribution in [3.05, 3.63) is 29.8 Å². The van der Waals surface area contributed by atoms with Crippen LogP contribution >= 0.6 is 0 Å². The van der Waals surface area contributed by atoms with Crippen LogP contribution in [0.5, 0.6) is 5.75 Å². The minimum absolute atomic E-state index is 0.151. The van der Waals surface area contributed by atoms with Crippen molar-refractivity contribution >= 4 is 11.8 Å². The van der Waals surface area contributed by atoms with Crippen molar-refractivity contribution in [1.82, 2.24) is 10.6 Å². The molecule has 5 heteroatoms. The van der Waals surface area contributed by atoms with Crippen molar-refractivity contribution in [2.24, 2.45) is 5.41 Å². The molecule has 2 N–H and O–H groups in total. The lowest BCUT2D eigenvalue weighted by molar-refractivity contribution is -0.133. The fourth-order valence-electron chi connectivity index (χ4n) is 1.66. The van der Waals surface area contributed by atoms with Gasteiger partial charge in [-0.05, 0) is 13.0 Å². The zero-order valence-electron chi connectivity index (χ0n) is 13.3. The maximum absolute atomic E-state index is 12.0. The SMILES string of the molecule is COc1ccccc1CNC(=O)C(C)NC(=O)C(C)(C)C. The molecule has 5 nitrogen and oxygen atoms in total. The molecule has 0 aliphatic carbocycles. The molecule has 1 rings (SSSR count). The molecule has 0 spiro atoms. The molecule has 2 amide bonds. The smallest absolute Gasteiger partial charge is 0.242 e. The van der Waals surface area contributed by atoms with Crippen molar-refractivity contribution in [1.29, 1.82) is 0 Å². The largest absolute Gasteiger partial charge is 0.496 e. The zero-order chi connectivity index (χ0) is 16.0. The molecule has 0 radical (unpaired) electrons. The van der Waals surface area contributed by atoms with E-state index in [-0.39, 0.29) is 11.8 Å². The van der Waals surface area contributed by atoms with E-state index >= 15 is 0 Å². The van der Waals surface area contributed by atoms with E-state index in [1.807, 2.05) is 45.0 Å². The van der Waals surface area contributed by atoms with Gasteiger partial charge in [-0.2, -0.15) is 0 Å². The van der Waals surface area contributed by atoms with Gasteiger partial charge in [0.25, 0.3) is 0 Å². The van der Waals surface area contributed by atoms with Gasteiger partial charge >= 0.3 is 0 Å². The molecule has 0 aliphatic heterocycles. The van der Waals surface area contributed by atoms with Crippen molar-refractivity contribution in [3.8, 4) is 5.75 Å². The van der Waals surface area contributed by atoms with Crippen LogP contribution in [0.3, 0.4) is 0 Å². The lowest BCUT2D eigenvalue weighted by atomic mass is 9.95. The van der Waals surface area contributed by atoms with Crippen LogP contribution in [0.25, 0.3) is 0 Å². The van der Waals surface area contributed by atoms with Crippen molar-refractivity contribution in [2.75, 3.05) is 7.11 Å². The van der Waals surface area contributed by atoms with Gasteiger partial charge in [0.2, 0.25) is 11.8 Å². The Morgan fingerprint density at radius 3 is 2.43 bits per heavy atom. The molecular weight excluding hydrogens is 268 g/mol. The van der Waals surface area contributed by atoms with E-state index in [2.05, 4.69) is 10.6 Å². The summed E-state index contributed by atoms with van der Waals surface area (Å²) in [7, 11) is 1.59. The van der Waals surface area contributed by atoms with Gasteiger partial charge in [0.05, 0.1) is 7.11 Å². The Balaban J connectivity index is 2.55. The molecule has 0 aromatic heterocycles. The van der Waals surface area contributed by atoms with E-state index in [0.717, 1.165) is 11.3 Å². The summed E-state index contributed by atoms with van der Waals surface area (Å²) in [5.74, 6) is 0.352. The Kier molecular flexibility index (Phi) is 5.76. The summed E-state index contributed by atoms with van der Waals surface area (Å²) in [6.45, 7) is 7.45. The summed E-state index contributed by atoms with van der Waals surface area (Å²) in [4.78, 5) is 23.9. The van der Waals surface area contributed by atoms with Crippen LogP contribution in [0.1, 0.15) is 33.3 Å². The number of amides is 2. The molecule has 0 bridgehead atoms. The summed E-state index contributed by atoms with van der Waals surface area (Å²) in [6, 6.07) is 6.90. The molecule has 1 atom stereocenters. The van der Waals surface area contributed by atoms with Gasteiger partial charge in [-0.1, -0.05) is 39.0 Å². The number of ether oxygens (including phenoxy) is 1. The number of nitrogens with one attached hydrogen (secondary N) is 2. The number of rotatable bonds is 5.